The summed E-state index contributed by atoms with van der Waals surface area (Å²) in [6, 6.07) is 5.18. The Bertz CT molecular complexity index is 648. The van der Waals surface area contributed by atoms with Crippen LogP contribution >= 0.6 is 12.4 Å². The Kier molecular flexibility index (Phi) is 7.03. The Morgan fingerprint density at radius 1 is 1.33 bits per heavy atom. The third-order valence-corrected chi connectivity index (χ3v) is 5.55. The number of hydrogen-bond donors (Lipinski definition) is 2. The molecule has 1 saturated heterocycles. The number of rotatable bonds is 6. The average molecular weight is 407 g/mol. The molecule has 0 bridgehead atoms. The zero-order chi connectivity index (χ0) is 18.8. The Balaban J connectivity index is 0.00000261. The summed E-state index contributed by atoms with van der Waals surface area (Å²) in [5, 5.41) is 6.18. The molecule has 1 saturated carbocycles. The van der Waals surface area contributed by atoms with Crippen LogP contribution in [0.5, 0.6) is 5.75 Å². The quantitative estimate of drug-likeness (QED) is 0.755. The number of alkyl halides is 3. The molecule has 4 nitrogen and oxygen atoms in total. The molecule has 3 rings (SSSR count). The lowest BCUT2D eigenvalue weighted by molar-refractivity contribution is -0.139. The number of ether oxygens (including phenoxy) is 1. The van der Waals surface area contributed by atoms with Crippen LogP contribution in [0.15, 0.2) is 24.3 Å². The van der Waals surface area contributed by atoms with Crippen LogP contribution in [0.4, 0.5) is 13.2 Å². The van der Waals surface area contributed by atoms with Crippen molar-refractivity contribution in [2.45, 2.75) is 44.9 Å². The first-order chi connectivity index (χ1) is 12.4. The fraction of sp³-hybridized carbons (Fsp3) is 0.632. The van der Waals surface area contributed by atoms with Crippen LogP contribution in [0.1, 0.15) is 38.2 Å². The van der Waals surface area contributed by atoms with Crippen molar-refractivity contribution in [3.8, 4) is 5.75 Å². The van der Waals surface area contributed by atoms with E-state index in [2.05, 4.69) is 10.6 Å². The molecule has 2 N–H and O–H groups in total. The van der Waals surface area contributed by atoms with Crippen LogP contribution in [0.2, 0.25) is 0 Å². The van der Waals surface area contributed by atoms with E-state index in [4.69, 9.17) is 4.74 Å². The number of carbonyl (C=O) groups is 1. The molecule has 2 aliphatic rings. The Hall–Kier alpha value is -1.47. The number of nitrogens with one attached hydrogen (secondary N) is 2. The number of benzene rings is 1. The zero-order valence-electron chi connectivity index (χ0n) is 15.3. The minimum Gasteiger partial charge on any atom is -0.488 e. The van der Waals surface area contributed by atoms with E-state index in [1.807, 2.05) is 6.92 Å². The predicted molar refractivity (Wildman–Crippen MR) is 99.1 cm³/mol. The van der Waals surface area contributed by atoms with Gasteiger partial charge in [-0.25, -0.2) is 0 Å². The van der Waals surface area contributed by atoms with Crippen molar-refractivity contribution in [1.29, 1.82) is 0 Å². The summed E-state index contributed by atoms with van der Waals surface area (Å²) in [5.74, 6) is -0.162. The van der Waals surface area contributed by atoms with Gasteiger partial charge in [-0.3, -0.25) is 4.79 Å². The van der Waals surface area contributed by atoms with Crippen molar-refractivity contribution in [3.63, 3.8) is 0 Å². The van der Waals surface area contributed by atoms with E-state index in [0.29, 0.717) is 6.42 Å². The van der Waals surface area contributed by atoms with Crippen molar-refractivity contribution in [2.75, 3.05) is 19.6 Å². The summed E-state index contributed by atoms with van der Waals surface area (Å²) in [7, 11) is 0. The first-order valence-electron chi connectivity index (χ1n) is 9.17. The fourth-order valence-corrected chi connectivity index (χ4v) is 3.79. The van der Waals surface area contributed by atoms with Gasteiger partial charge in [-0.2, -0.15) is 13.2 Å². The topological polar surface area (TPSA) is 50.4 Å². The summed E-state index contributed by atoms with van der Waals surface area (Å²) in [6.07, 6.45) is -1.52. The Morgan fingerprint density at radius 3 is 2.63 bits per heavy atom. The molecule has 1 aliphatic heterocycles. The average Bonchev–Trinajstić information content (AvgIpc) is 3.31. The SMILES string of the molecule is CCC(CNC(=O)C1CC12CCNCC2)Oc1ccccc1C(F)(F)F.Cl. The Labute approximate surface area is 163 Å². The molecule has 8 heteroatoms. The molecule has 1 heterocycles. The van der Waals surface area contributed by atoms with Gasteiger partial charge in [0.15, 0.2) is 0 Å². The van der Waals surface area contributed by atoms with E-state index < -0.39 is 17.8 Å². The number of carbonyl (C=O) groups excluding carboxylic acids is 1. The molecular formula is C19H26ClF3N2O2. The highest BCUT2D eigenvalue weighted by Gasteiger charge is 2.57. The number of hydrogen-bond acceptors (Lipinski definition) is 3. The maximum atomic E-state index is 13.1. The van der Waals surface area contributed by atoms with Gasteiger partial charge in [0.1, 0.15) is 11.9 Å². The Morgan fingerprint density at radius 2 is 2.00 bits per heavy atom. The van der Waals surface area contributed by atoms with Crippen molar-refractivity contribution < 1.29 is 22.7 Å². The molecule has 2 unspecified atom stereocenters. The van der Waals surface area contributed by atoms with Gasteiger partial charge in [-0.15, -0.1) is 12.4 Å². The van der Waals surface area contributed by atoms with Crippen molar-refractivity contribution in [3.05, 3.63) is 29.8 Å². The molecule has 2 atom stereocenters. The highest BCUT2D eigenvalue weighted by Crippen LogP contribution is 2.58. The summed E-state index contributed by atoms with van der Waals surface area (Å²) in [5.41, 5.74) is -0.651. The number of piperidine rings is 1. The van der Waals surface area contributed by atoms with Gasteiger partial charge >= 0.3 is 6.18 Å². The molecule has 1 aromatic carbocycles. The second kappa shape index (κ2) is 8.69. The van der Waals surface area contributed by atoms with Gasteiger partial charge in [0.05, 0.1) is 12.1 Å². The van der Waals surface area contributed by atoms with Gasteiger partial charge < -0.3 is 15.4 Å². The lowest BCUT2D eigenvalue weighted by Crippen LogP contribution is -2.38. The first kappa shape index (κ1) is 21.8. The van der Waals surface area contributed by atoms with Crippen LogP contribution in [-0.2, 0) is 11.0 Å². The first-order valence-corrected chi connectivity index (χ1v) is 9.17. The smallest absolute Gasteiger partial charge is 0.419 e. The monoisotopic (exact) mass is 406 g/mol. The number of halogens is 4. The van der Waals surface area contributed by atoms with Gasteiger partial charge in [0.25, 0.3) is 0 Å². The molecule has 27 heavy (non-hydrogen) atoms. The minimum atomic E-state index is -4.46. The maximum Gasteiger partial charge on any atom is 0.419 e. The van der Waals surface area contributed by atoms with Gasteiger partial charge in [0.2, 0.25) is 5.91 Å². The molecule has 2 fully saturated rings. The third kappa shape index (κ3) is 5.08. The van der Waals surface area contributed by atoms with Crippen molar-refractivity contribution >= 4 is 18.3 Å². The van der Waals surface area contributed by atoms with E-state index in [-0.39, 0.29) is 41.9 Å². The maximum absolute atomic E-state index is 13.1. The number of amides is 1. The summed E-state index contributed by atoms with van der Waals surface area (Å²) >= 11 is 0. The predicted octanol–water partition coefficient (Wildman–Crippen LogP) is 3.79. The minimum absolute atomic E-state index is 0. The zero-order valence-corrected chi connectivity index (χ0v) is 16.1. The highest BCUT2D eigenvalue weighted by molar-refractivity contribution is 5.85. The third-order valence-electron chi connectivity index (χ3n) is 5.55. The van der Waals surface area contributed by atoms with Gasteiger partial charge in [0, 0.05) is 5.92 Å². The van der Waals surface area contributed by atoms with Crippen LogP contribution in [0.25, 0.3) is 0 Å². The normalized spacial score (nSPS) is 21.9. The standard InChI is InChI=1S/C19H25F3N2O2.ClH/c1-2-13(26-16-6-4-3-5-14(16)19(20,21)22)12-24-17(25)15-11-18(15)7-9-23-10-8-18;/h3-6,13,15,23H,2,7-12H2,1H3,(H,24,25);1H. The van der Waals surface area contributed by atoms with E-state index >= 15 is 0 Å². The van der Waals surface area contributed by atoms with Gasteiger partial charge in [-0.05, 0) is 56.3 Å². The largest absolute Gasteiger partial charge is 0.488 e. The molecule has 1 amide bonds. The molecule has 1 spiro atoms. The summed E-state index contributed by atoms with van der Waals surface area (Å²) in [4.78, 5) is 12.4. The van der Waals surface area contributed by atoms with Crippen LogP contribution in [0.3, 0.4) is 0 Å². The van der Waals surface area contributed by atoms with Crippen LogP contribution in [0, 0.1) is 11.3 Å². The second-order valence-electron chi connectivity index (χ2n) is 7.26. The summed E-state index contributed by atoms with van der Waals surface area (Å²) in [6.45, 7) is 3.93. The van der Waals surface area contributed by atoms with Gasteiger partial charge in [-0.1, -0.05) is 19.1 Å². The molecule has 0 radical (unpaired) electrons. The summed E-state index contributed by atoms with van der Waals surface area (Å²) < 4.78 is 44.8. The molecule has 1 aromatic rings. The van der Waals surface area contributed by atoms with Crippen LogP contribution < -0.4 is 15.4 Å². The molecule has 1 aliphatic carbocycles. The van der Waals surface area contributed by atoms with E-state index in [1.54, 1.807) is 0 Å². The van der Waals surface area contributed by atoms with Crippen molar-refractivity contribution in [2.24, 2.45) is 11.3 Å². The lowest BCUT2D eigenvalue weighted by atomic mass is 9.92. The highest BCUT2D eigenvalue weighted by atomic mass is 35.5. The fourth-order valence-electron chi connectivity index (χ4n) is 3.79. The van der Waals surface area contributed by atoms with Crippen molar-refractivity contribution in [1.82, 2.24) is 10.6 Å². The van der Waals surface area contributed by atoms with E-state index in [1.165, 1.54) is 18.2 Å². The lowest BCUT2D eigenvalue weighted by Gasteiger charge is -2.24. The second-order valence-corrected chi connectivity index (χ2v) is 7.26. The van der Waals surface area contributed by atoms with E-state index in [0.717, 1.165) is 38.4 Å². The van der Waals surface area contributed by atoms with E-state index in [9.17, 15) is 18.0 Å². The number of para-hydroxylation sites is 1. The molecule has 152 valence electrons. The molecule has 0 aromatic heterocycles. The van der Waals surface area contributed by atoms with Crippen LogP contribution in [-0.4, -0.2) is 31.6 Å². The molecular weight excluding hydrogens is 381 g/mol.